The fourth-order valence-corrected chi connectivity index (χ4v) is 2.77. The highest BCUT2D eigenvalue weighted by molar-refractivity contribution is 7.12. The first kappa shape index (κ1) is 20.4. The van der Waals surface area contributed by atoms with Crippen LogP contribution in [-0.2, 0) is 9.53 Å². The Kier molecular flexibility index (Phi) is 6.56. The summed E-state index contributed by atoms with van der Waals surface area (Å²) >= 11 is 1.24. The smallest absolute Gasteiger partial charge is 0.405 e. The lowest BCUT2D eigenvalue weighted by atomic mass is 10.1. The summed E-state index contributed by atoms with van der Waals surface area (Å²) in [5.74, 6) is -2.35. The normalized spacial score (nSPS) is 11.0. The van der Waals surface area contributed by atoms with E-state index in [1.165, 1.54) is 41.5 Å². The molecule has 1 N–H and O–H groups in total. The highest BCUT2D eigenvalue weighted by Crippen LogP contribution is 2.23. The van der Waals surface area contributed by atoms with Gasteiger partial charge in [0.2, 0.25) is 0 Å². The second-order valence-electron chi connectivity index (χ2n) is 5.33. The highest BCUT2D eigenvalue weighted by atomic mass is 32.1. The lowest BCUT2D eigenvalue weighted by Gasteiger charge is -2.19. The maximum atomic E-state index is 12.4. The van der Waals surface area contributed by atoms with Crippen molar-refractivity contribution in [3.63, 3.8) is 0 Å². The number of para-hydroxylation sites is 1. The average Bonchev–Trinajstić information content (AvgIpc) is 3.17. The van der Waals surface area contributed by atoms with Crippen LogP contribution in [-0.4, -0.2) is 44.2 Å². The number of anilines is 1. The van der Waals surface area contributed by atoms with Gasteiger partial charge in [0.15, 0.2) is 6.61 Å². The average molecular weight is 400 g/mol. The largest absolute Gasteiger partial charge is 0.452 e. The van der Waals surface area contributed by atoms with Crippen LogP contribution in [0.3, 0.4) is 0 Å². The van der Waals surface area contributed by atoms with Crippen molar-refractivity contribution in [2.24, 2.45) is 0 Å². The highest BCUT2D eigenvalue weighted by Gasteiger charge is 2.28. The number of benzene rings is 1. The van der Waals surface area contributed by atoms with Gasteiger partial charge in [-0.15, -0.1) is 11.3 Å². The molecule has 1 heterocycles. The molecule has 27 heavy (non-hydrogen) atoms. The summed E-state index contributed by atoms with van der Waals surface area (Å²) in [6, 6.07) is 9.41. The number of hydrogen-bond acceptors (Lipinski definition) is 5. The molecule has 0 aliphatic carbocycles. The fraction of sp³-hybridized carbons (Fsp3) is 0.235. The topological polar surface area (TPSA) is 75.7 Å². The van der Waals surface area contributed by atoms with Crippen LogP contribution in [0.5, 0.6) is 0 Å². The van der Waals surface area contributed by atoms with E-state index in [2.05, 4.69) is 0 Å². The third kappa shape index (κ3) is 5.81. The molecule has 0 spiro atoms. The molecule has 0 radical (unpaired) electrons. The number of halogens is 3. The molecule has 0 bridgehead atoms. The number of esters is 1. The minimum Gasteiger partial charge on any atom is -0.452 e. The van der Waals surface area contributed by atoms with Crippen molar-refractivity contribution < 1.29 is 32.3 Å². The fourth-order valence-electron chi connectivity index (χ4n) is 2.07. The molecule has 2 amide bonds. The van der Waals surface area contributed by atoms with Crippen molar-refractivity contribution in [3.05, 3.63) is 52.2 Å². The summed E-state index contributed by atoms with van der Waals surface area (Å²) in [4.78, 5) is 37.7. The van der Waals surface area contributed by atoms with Crippen LogP contribution >= 0.6 is 11.3 Å². The second kappa shape index (κ2) is 8.67. The zero-order valence-corrected chi connectivity index (χ0v) is 14.9. The zero-order chi connectivity index (χ0) is 20.0. The van der Waals surface area contributed by atoms with Gasteiger partial charge in [0.05, 0.1) is 16.1 Å². The summed E-state index contributed by atoms with van der Waals surface area (Å²) in [5, 5.41) is 3.34. The molecule has 0 atom stereocenters. The Morgan fingerprint density at radius 1 is 1.15 bits per heavy atom. The molecule has 2 rings (SSSR count). The maximum Gasteiger partial charge on any atom is 0.405 e. The van der Waals surface area contributed by atoms with Crippen molar-refractivity contribution in [2.75, 3.05) is 25.1 Å². The van der Waals surface area contributed by atoms with E-state index in [9.17, 15) is 27.6 Å². The standard InChI is InChI=1S/C17H15F3N2O4S/c1-22(15(24)13-7-4-8-27-13)12-6-3-2-5-11(12)16(25)26-9-14(23)21-10-17(18,19)20/h2-8H,9-10H2,1H3,(H,21,23). The van der Waals surface area contributed by atoms with Gasteiger partial charge in [0, 0.05) is 7.05 Å². The Morgan fingerprint density at radius 2 is 1.85 bits per heavy atom. The lowest BCUT2D eigenvalue weighted by Crippen LogP contribution is -2.36. The molecule has 0 fully saturated rings. The number of rotatable bonds is 6. The van der Waals surface area contributed by atoms with Crippen molar-refractivity contribution >= 4 is 34.8 Å². The Labute approximate surface area is 156 Å². The number of nitrogens with zero attached hydrogens (tertiary/aromatic N) is 1. The predicted octanol–water partition coefficient (Wildman–Crippen LogP) is 2.86. The number of amides is 2. The molecule has 0 saturated carbocycles. The summed E-state index contributed by atoms with van der Waals surface area (Å²) < 4.78 is 40.9. The number of nitrogens with one attached hydrogen (secondary N) is 1. The van der Waals surface area contributed by atoms with E-state index in [1.54, 1.807) is 28.9 Å². The van der Waals surface area contributed by atoms with Crippen molar-refractivity contribution in [3.8, 4) is 0 Å². The van der Waals surface area contributed by atoms with Gasteiger partial charge in [-0.1, -0.05) is 18.2 Å². The van der Waals surface area contributed by atoms with Crippen LogP contribution in [0, 0.1) is 0 Å². The van der Waals surface area contributed by atoms with Gasteiger partial charge in [-0.05, 0) is 23.6 Å². The van der Waals surface area contributed by atoms with E-state index in [1.807, 2.05) is 0 Å². The van der Waals surface area contributed by atoms with Gasteiger partial charge in [-0.2, -0.15) is 13.2 Å². The lowest BCUT2D eigenvalue weighted by molar-refractivity contribution is -0.140. The predicted molar refractivity (Wildman–Crippen MR) is 92.8 cm³/mol. The number of ether oxygens (including phenoxy) is 1. The van der Waals surface area contributed by atoms with Crippen LogP contribution in [0.1, 0.15) is 20.0 Å². The van der Waals surface area contributed by atoms with Crippen molar-refractivity contribution in [2.45, 2.75) is 6.18 Å². The van der Waals surface area contributed by atoms with Crippen LogP contribution in [0.15, 0.2) is 41.8 Å². The van der Waals surface area contributed by atoms with Crippen molar-refractivity contribution in [1.82, 2.24) is 5.32 Å². The quantitative estimate of drug-likeness (QED) is 0.757. The van der Waals surface area contributed by atoms with Gasteiger partial charge in [0.25, 0.3) is 11.8 Å². The molecular weight excluding hydrogens is 385 g/mol. The number of alkyl halides is 3. The summed E-state index contributed by atoms with van der Waals surface area (Å²) in [7, 11) is 1.48. The number of thiophene rings is 1. The van der Waals surface area contributed by atoms with E-state index >= 15 is 0 Å². The van der Waals surface area contributed by atoms with Gasteiger partial charge in [0.1, 0.15) is 6.54 Å². The number of carbonyl (C=O) groups is 3. The molecule has 0 unspecified atom stereocenters. The van der Waals surface area contributed by atoms with Crippen LogP contribution in [0.2, 0.25) is 0 Å². The molecule has 1 aromatic heterocycles. The Hall–Kier alpha value is -2.88. The molecule has 6 nitrogen and oxygen atoms in total. The Balaban J connectivity index is 2.05. The van der Waals surface area contributed by atoms with Gasteiger partial charge in [-0.25, -0.2) is 4.79 Å². The van der Waals surface area contributed by atoms with E-state index in [0.717, 1.165) is 0 Å². The number of carbonyl (C=O) groups excluding carboxylic acids is 3. The summed E-state index contributed by atoms with van der Waals surface area (Å²) in [6.07, 6.45) is -4.56. The van der Waals surface area contributed by atoms with Gasteiger partial charge >= 0.3 is 12.1 Å². The second-order valence-corrected chi connectivity index (χ2v) is 6.27. The molecule has 1 aromatic carbocycles. The Bertz CT molecular complexity index is 822. The van der Waals surface area contributed by atoms with Crippen molar-refractivity contribution in [1.29, 1.82) is 0 Å². The van der Waals surface area contributed by atoms with Crippen LogP contribution in [0.4, 0.5) is 18.9 Å². The minimum absolute atomic E-state index is 0.00790. The SMILES string of the molecule is CN(C(=O)c1cccs1)c1ccccc1C(=O)OCC(=O)NCC(F)(F)F. The molecular formula is C17H15F3N2O4S. The Morgan fingerprint density at radius 3 is 2.48 bits per heavy atom. The first-order chi connectivity index (χ1) is 12.7. The summed E-state index contributed by atoms with van der Waals surface area (Å²) in [5.41, 5.74) is 0.255. The van der Waals surface area contributed by atoms with E-state index in [-0.39, 0.29) is 17.2 Å². The monoisotopic (exact) mass is 400 g/mol. The first-order valence-electron chi connectivity index (χ1n) is 7.60. The van der Waals surface area contributed by atoms with E-state index in [4.69, 9.17) is 4.74 Å². The third-order valence-corrected chi connectivity index (χ3v) is 4.20. The molecule has 0 aliphatic heterocycles. The zero-order valence-electron chi connectivity index (χ0n) is 14.1. The van der Waals surface area contributed by atoms with Crippen LogP contribution < -0.4 is 10.2 Å². The minimum atomic E-state index is -4.56. The molecule has 10 heteroatoms. The van der Waals surface area contributed by atoms with Gasteiger partial charge in [-0.3, -0.25) is 9.59 Å². The first-order valence-corrected chi connectivity index (χ1v) is 8.48. The molecule has 144 valence electrons. The van der Waals surface area contributed by atoms with Crippen LogP contribution in [0.25, 0.3) is 0 Å². The molecule has 0 saturated heterocycles. The number of hydrogen-bond donors (Lipinski definition) is 1. The third-order valence-electron chi connectivity index (χ3n) is 3.34. The maximum absolute atomic E-state index is 12.4. The molecule has 0 aliphatic rings. The van der Waals surface area contributed by atoms with E-state index in [0.29, 0.717) is 4.88 Å². The van der Waals surface area contributed by atoms with E-state index < -0.39 is 31.2 Å². The van der Waals surface area contributed by atoms with Gasteiger partial charge < -0.3 is 15.0 Å². The molecule has 2 aromatic rings. The summed E-state index contributed by atoms with van der Waals surface area (Å²) in [6.45, 7) is -2.39.